The van der Waals surface area contributed by atoms with Gasteiger partial charge in [0.05, 0.1) is 19.8 Å². The van der Waals surface area contributed by atoms with Crippen molar-refractivity contribution in [2.45, 2.75) is 32.2 Å². The van der Waals surface area contributed by atoms with E-state index in [4.69, 9.17) is 32.7 Å². The van der Waals surface area contributed by atoms with E-state index in [1.54, 1.807) is 30.0 Å². The van der Waals surface area contributed by atoms with Crippen LogP contribution in [0.4, 0.5) is 4.79 Å². The predicted octanol–water partition coefficient (Wildman–Crippen LogP) is 4.04. The third-order valence-electron chi connectivity index (χ3n) is 4.36. The molecule has 0 saturated carbocycles. The van der Waals surface area contributed by atoms with Gasteiger partial charge in [-0.15, -0.1) is 0 Å². The number of likely N-dealkylation sites (tertiary alicyclic amines) is 1. The van der Waals surface area contributed by atoms with Crippen LogP contribution in [0.1, 0.15) is 37.8 Å². The second-order valence-electron chi connectivity index (χ2n) is 6.05. The molecule has 142 valence electrons. The minimum atomic E-state index is -0.532. The fourth-order valence-corrected chi connectivity index (χ4v) is 3.72. The molecule has 1 saturated heterocycles. The summed E-state index contributed by atoms with van der Waals surface area (Å²) in [5.74, 6) is -1.08. The summed E-state index contributed by atoms with van der Waals surface area (Å²) in [6, 6.07) is 4.61. The molecule has 1 aliphatic rings. The number of ether oxygens (including phenoxy) is 2. The van der Waals surface area contributed by atoms with Gasteiger partial charge in [-0.3, -0.25) is 9.59 Å². The number of rotatable bonds is 5. The third kappa shape index (κ3) is 5.11. The van der Waals surface area contributed by atoms with Crippen molar-refractivity contribution in [2.24, 2.45) is 5.92 Å². The van der Waals surface area contributed by atoms with Gasteiger partial charge in [-0.2, -0.15) is 0 Å². The molecule has 1 amide bonds. The lowest BCUT2D eigenvalue weighted by molar-refractivity contribution is -0.146. The van der Waals surface area contributed by atoms with E-state index >= 15 is 0 Å². The lowest BCUT2D eigenvalue weighted by Gasteiger charge is -2.38. The molecule has 2 atom stereocenters. The van der Waals surface area contributed by atoms with Gasteiger partial charge in [0.15, 0.2) is 0 Å². The van der Waals surface area contributed by atoms with Crippen LogP contribution in [0.2, 0.25) is 10.0 Å². The summed E-state index contributed by atoms with van der Waals surface area (Å²) in [6.45, 7) is 2.26. The first kappa shape index (κ1) is 20.5. The fourth-order valence-electron chi connectivity index (χ4n) is 3.18. The van der Waals surface area contributed by atoms with Crippen LogP contribution in [-0.4, -0.2) is 43.0 Å². The highest BCUT2D eigenvalue weighted by Crippen LogP contribution is 2.37. The first-order chi connectivity index (χ1) is 12.3. The SMILES string of the molecule is CCOC(=O)CC(=O)[C@@H]1CCN(C(=O)OC)[C@H](c2cc(Cl)cc(Cl)c2)C1. The first-order valence-electron chi connectivity index (χ1n) is 8.34. The zero-order valence-corrected chi connectivity index (χ0v) is 16.2. The Kier molecular flexibility index (Phi) is 7.29. The summed E-state index contributed by atoms with van der Waals surface area (Å²) >= 11 is 12.2. The molecule has 6 nitrogen and oxygen atoms in total. The van der Waals surface area contributed by atoms with Crippen LogP contribution in [-0.2, 0) is 19.1 Å². The molecule has 26 heavy (non-hydrogen) atoms. The van der Waals surface area contributed by atoms with E-state index in [2.05, 4.69) is 0 Å². The number of carbonyl (C=O) groups excluding carboxylic acids is 3. The number of halogens is 2. The number of benzene rings is 1. The summed E-state index contributed by atoms with van der Waals surface area (Å²) in [6.07, 6.45) is 0.0735. The van der Waals surface area contributed by atoms with Crippen LogP contribution in [0.15, 0.2) is 18.2 Å². The van der Waals surface area contributed by atoms with E-state index in [9.17, 15) is 14.4 Å². The van der Waals surface area contributed by atoms with Crippen LogP contribution in [0.5, 0.6) is 0 Å². The number of Topliss-reactive ketones (excluding diaryl/α,β-unsaturated/α-hetero) is 1. The summed E-state index contributed by atoms with van der Waals surface area (Å²) in [7, 11) is 1.31. The van der Waals surface area contributed by atoms with Crippen molar-refractivity contribution >= 4 is 41.0 Å². The van der Waals surface area contributed by atoms with Gasteiger partial charge in [-0.1, -0.05) is 23.2 Å². The van der Waals surface area contributed by atoms with Crippen LogP contribution in [0, 0.1) is 5.92 Å². The van der Waals surface area contributed by atoms with Gasteiger partial charge in [0.2, 0.25) is 0 Å². The van der Waals surface area contributed by atoms with Crippen molar-refractivity contribution in [3.63, 3.8) is 0 Å². The molecule has 0 bridgehead atoms. The average Bonchev–Trinajstić information content (AvgIpc) is 2.59. The molecular formula is C18H21Cl2NO5. The molecular weight excluding hydrogens is 381 g/mol. The fraction of sp³-hybridized carbons (Fsp3) is 0.500. The number of hydrogen-bond donors (Lipinski definition) is 0. The maximum atomic E-state index is 12.5. The molecule has 0 spiro atoms. The largest absolute Gasteiger partial charge is 0.466 e. The summed E-state index contributed by atoms with van der Waals surface area (Å²) < 4.78 is 9.70. The Morgan fingerprint density at radius 1 is 1.19 bits per heavy atom. The smallest absolute Gasteiger partial charge is 0.409 e. The standard InChI is InChI=1S/C18H21Cl2NO5/c1-3-26-17(23)10-16(22)11-4-5-21(18(24)25-2)15(8-11)12-6-13(19)9-14(20)7-12/h6-7,9,11,15H,3-5,8,10H2,1-2H3/t11-,15+/m1/s1. The number of piperidine rings is 1. The third-order valence-corrected chi connectivity index (χ3v) is 4.80. The lowest BCUT2D eigenvalue weighted by atomic mass is 9.84. The topological polar surface area (TPSA) is 72.9 Å². The second-order valence-corrected chi connectivity index (χ2v) is 6.92. The van der Waals surface area contributed by atoms with Crippen molar-refractivity contribution in [2.75, 3.05) is 20.3 Å². The minimum Gasteiger partial charge on any atom is -0.466 e. The molecule has 2 rings (SSSR count). The number of methoxy groups -OCH3 is 1. The Hall–Kier alpha value is -1.79. The number of nitrogens with zero attached hydrogens (tertiary/aromatic N) is 1. The highest BCUT2D eigenvalue weighted by Gasteiger charge is 2.36. The number of esters is 1. The zero-order valence-electron chi connectivity index (χ0n) is 14.7. The van der Waals surface area contributed by atoms with Crippen molar-refractivity contribution in [3.8, 4) is 0 Å². The van der Waals surface area contributed by atoms with Gasteiger partial charge in [0, 0.05) is 22.5 Å². The second kappa shape index (κ2) is 9.24. The highest BCUT2D eigenvalue weighted by atomic mass is 35.5. The molecule has 0 aromatic heterocycles. The Morgan fingerprint density at radius 2 is 1.85 bits per heavy atom. The van der Waals surface area contributed by atoms with Gasteiger partial charge in [0.1, 0.15) is 12.2 Å². The number of hydrogen-bond acceptors (Lipinski definition) is 5. The molecule has 0 N–H and O–H groups in total. The monoisotopic (exact) mass is 401 g/mol. The van der Waals surface area contributed by atoms with Crippen LogP contribution >= 0.6 is 23.2 Å². The average molecular weight is 402 g/mol. The maximum absolute atomic E-state index is 12.5. The number of carbonyl (C=O) groups is 3. The van der Waals surface area contributed by atoms with Crippen LogP contribution in [0.25, 0.3) is 0 Å². The number of amides is 1. The molecule has 1 aromatic rings. The van der Waals surface area contributed by atoms with Crippen molar-refractivity contribution in [1.82, 2.24) is 4.90 Å². The Morgan fingerprint density at radius 3 is 2.42 bits per heavy atom. The van der Waals surface area contributed by atoms with E-state index in [0.29, 0.717) is 29.4 Å². The van der Waals surface area contributed by atoms with E-state index in [0.717, 1.165) is 5.56 Å². The summed E-state index contributed by atoms with van der Waals surface area (Å²) in [5, 5.41) is 0.884. The Bertz CT molecular complexity index is 674. The molecule has 1 aromatic carbocycles. The molecule has 1 heterocycles. The maximum Gasteiger partial charge on any atom is 0.409 e. The molecule has 0 unspecified atom stereocenters. The molecule has 1 fully saturated rings. The van der Waals surface area contributed by atoms with E-state index < -0.39 is 18.1 Å². The van der Waals surface area contributed by atoms with Crippen LogP contribution in [0.3, 0.4) is 0 Å². The first-order valence-corrected chi connectivity index (χ1v) is 9.10. The highest BCUT2D eigenvalue weighted by molar-refractivity contribution is 6.34. The molecule has 1 aliphatic heterocycles. The van der Waals surface area contributed by atoms with Crippen molar-refractivity contribution in [1.29, 1.82) is 0 Å². The summed E-state index contributed by atoms with van der Waals surface area (Å²) in [5.41, 5.74) is 0.724. The van der Waals surface area contributed by atoms with Gasteiger partial charge in [0.25, 0.3) is 0 Å². The van der Waals surface area contributed by atoms with Gasteiger partial charge in [-0.05, 0) is 43.5 Å². The van der Waals surface area contributed by atoms with E-state index in [1.807, 2.05) is 0 Å². The van der Waals surface area contributed by atoms with E-state index in [-0.39, 0.29) is 24.7 Å². The van der Waals surface area contributed by atoms with Gasteiger partial charge >= 0.3 is 12.1 Å². The Balaban J connectivity index is 2.22. The quantitative estimate of drug-likeness (QED) is 0.549. The zero-order chi connectivity index (χ0) is 19.3. The van der Waals surface area contributed by atoms with Crippen molar-refractivity contribution in [3.05, 3.63) is 33.8 Å². The van der Waals surface area contributed by atoms with Crippen molar-refractivity contribution < 1.29 is 23.9 Å². The Labute approximate surface area is 162 Å². The number of ketones is 1. The van der Waals surface area contributed by atoms with Crippen LogP contribution < -0.4 is 0 Å². The predicted molar refractivity (Wildman–Crippen MR) is 97.3 cm³/mol. The molecule has 8 heteroatoms. The lowest BCUT2D eigenvalue weighted by Crippen LogP contribution is -2.43. The molecule has 0 aliphatic carbocycles. The minimum absolute atomic E-state index is 0.189. The normalized spacial score (nSPS) is 19.8. The molecule has 0 radical (unpaired) electrons. The summed E-state index contributed by atoms with van der Waals surface area (Å²) in [4.78, 5) is 37.7. The van der Waals surface area contributed by atoms with E-state index in [1.165, 1.54) is 7.11 Å². The van der Waals surface area contributed by atoms with Gasteiger partial charge in [-0.25, -0.2) is 4.79 Å². The van der Waals surface area contributed by atoms with Gasteiger partial charge < -0.3 is 14.4 Å².